The van der Waals surface area contributed by atoms with Gasteiger partial charge in [-0.1, -0.05) is 6.92 Å². The molecule has 1 aliphatic rings. The van der Waals surface area contributed by atoms with Crippen LogP contribution in [-0.2, 0) is 4.79 Å². The third-order valence-electron chi connectivity index (χ3n) is 3.78. The molecule has 1 aromatic carbocycles. The lowest BCUT2D eigenvalue weighted by Crippen LogP contribution is -2.39. The number of nitrogens with one attached hydrogen (secondary N) is 1. The van der Waals surface area contributed by atoms with Crippen LogP contribution in [0.1, 0.15) is 19.8 Å². The molecule has 116 valence electrons. The summed E-state index contributed by atoms with van der Waals surface area (Å²) in [5.74, 6) is 1.95. The molecule has 1 heterocycles. The first kappa shape index (κ1) is 15.6. The van der Waals surface area contributed by atoms with Crippen LogP contribution in [0.15, 0.2) is 18.2 Å². The van der Waals surface area contributed by atoms with Gasteiger partial charge in [0, 0.05) is 18.3 Å². The van der Waals surface area contributed by atoms with Gasteiger partial charge < -0.3 is 14.8 Å². The van der Waals surface area contributed by atoms with Crippen LogP contribution >= 0.6 is 0 Å². The number of carbonyl (C=O) groups excluding carboxylic acids is 1. The van der Waals surface area contributed by atoms with Crippen molar-refractivity contribution < 1.29 is 14.3 Å². The lowest BCUT2D eigenvalue weighted by atomic mass is 10.0. The second-order valence-electron chi connectivity index (χ2n) is 5.60. The number of amides is 1. The molecule has 1 fully saturated rings. The zero-order valence-electron chi connectivity index (χ0n) is 13.0. The Morgan fingerprint density at radius 2 is 2.10 bits per heavy atom. The highest BCUT2D eigenvalue weighted by molar-refractivity contribution is 5.92. The number of likely N-dealkylation sites (tertiary alicyclic amines) is 1. The molecule has 2 rings (SSSR count). The van der Waals surface area contributed by atoms with Gasteiger partial charge in [0.1, 0.15) is 0 Å². The Kier molecular flexibility index (Phi) is 5.44. The highest BCUT2D eigenvalue weighted by Gasteiger charge is 2.18. The van der Waals surface area contributed by atoms with Gasteiger partial charge in [-0.15, -0.1) is 0 Å². The van der Waals surface area contributed by atoms with E-state index in [2.05, 4.69) is 17.1 Å². The zero-order valence-corrected chi connectivity index (χ0v) is 13.0. The van der Waals surface area contributed by atoms with E-state index in [9.17, 15) is 4.79 Å². The number of nitrogens with zero attached hydrogens (tertiary/aromatic N) is 1. The van der Waals surface area contributed by atoms with Gasteiger partial charge in [-0.3, -0.25) is 9.69 Å². The normalized spacial score (nSPS) is 19.1. The maximum absolute atomic E-state index is 12.1. The Labute approximate surface area is 126 Å². The van der Waals surface area contributed by atoms with Gasteiger partial charge in [0.25, 0.3) is 0 Å². The summed E-state index contributed by atoms with van der Waals surface area (Å²) in [6.07, 6.45) is 2.43. The monoisotopic (exact) mass is 292 g/mol. The summed E-state index contributed by atoms with van der Waals surface area (Å²) in [4.78, 5) is 14.3. The fraction of sp³-hybridized carbons (Fsp3) is 0.562. The van der Waals surface area contributed by atoms with Gasteiger partial charge in [-0.2, -0.15) is 0 Å². The molecular weight excluding hydrogens is 268 g/mol. The summed E-state index contributed by atoms with van der Waals surface area (Å²) in [6.45, 7) is 4.68. The molecule has 1 N–H and O–H groups in total. The molecule has 1 aromatic rings. The Morgan fingerprint density at radius 3 is 2.76 bits per heavy atom. The van der Waals surface area contributed by atoms with Crippen molar-refractivity contribution in [2.75, 3.05) is 39.2 Å². The number of hydrogen-bond acceptors (Lipinski definition) is 4. The number of benzene rings is 1. The number of methoxy groups -OCH3 is 2. The minimum absolute atomic E-state index is 0.0105. The quantitative estimate of drug-likeness (QED) is 0.905. The van der Waals surface area contributed by atoms with Gasteiger partial charge in [0.05, 0.1) is 20.8 Å². The van der Waals surface area contributed by atoms with E-state index in [0.29, 0.717) is 24.0 Å². The van der Waals surface area contributed by atoms with Crippen molar-refractivity contribution in [2.45, 2.75) is 19.8 Å². The molecule has 1 aliphatic heterocycles. The predicted molar refractivity (Wildman–Crippen MR) is 83.0 cm³/mol. The Morgan fingerprint density at radius 1 is 1.33 bits per heavy atom. The molecule has 1 atom stereocenters. The highest BCUT2D eigenvalue weighted by atomic mass is 16.5. The molecule has 21 heavy (non-hydrogen) atoms. The van der Waals surface area contributed by atoms with E-state index in [-0.39, 0.29) is 5.91 Å². The molecule has 0 radical (unpaired) electrons. The molecule has 0 bridgehead atoms. The lowest BCUT2D eigenvalue weighted by Gasteiger charge is -2.30. The van der Waals surface area contributed by atoms with Crippen molar-refractivity contribution >= 4 is 11.6 Å². The molecule has 0 aliphatic carbocycles. The van der Waals surface area contributed by atoms with E-state index in [1.54, 1.807) is 26.4 Å². The van der Waals surface area contributed by atoms with Crippen molar-refractivity contribution in [3.05, 3.63) is 18.2 Å². The highest BCUT2D eigenvalue weighted by Crippen LogP contribution is 2.29. The lowest BCUT2D eigenvalue weighted by molar-refractivity contribution is -0.117. The van der Waals surface area contributed by atoms with Crippen LogP contribution in [0.3, 0.4) is 0 Å². The first-order valence-electron chi connectivity index (χ1n) is 7.36. The van der Waals surface area contributed by atoms with Gasteiger partial charge >= 0.3 is 0 Å². The SMILES string of the molecule is COc1ccc(NC(=O)CN2CCC[C@@H](C)C2)cc1OC. The van der Waals surface area contributed by atoms with Crippen molar-refractivity contribution in [1.82, 2.24) is 4.90 Å². The summed E-state index contributed by atoms with van der Waals surface area (Å²) in [5.41, 5.74) is 0.725. The molecule has 0 saturated carbocycles. The Hall–Kier alpha value is -1.75. The van der Waals surface area contributed by atoms with Gasteiger partial charge in [-0.05, 0) is 37.4 Å². The second-order valence-corrected chi connectivity index (χ2v) is 5.60. The zero-order chi connectivity index (χ0) is 15.2. The van der Waals surface area contributed by atoms with Crippen LogP contribution in [0.4, 0.5) is 5.69 Å². The summed E-state index contributed by atoms with van der Waals surface area (Å²) >= 11 is 0. The van der Waals surface area contributed by atoms with E-state index in [4.69, 9.17) is 9.47 Å². The van der Waals surface area contributed by atoms with Crippen molar-refractivity contribution in [2.24, 2.45) is 5.92 Å². The van der Waals surface area contributed by atoms with Crippen LogP contribution in [-0.4, -0.2) is 44.7 Å². The Balaban J connectivity index is 1.93. The summed E-state index contributed by atoms with van der Waals surface area (Å²) in [6, 6.07) is 5.38. The summed E-state index contributed by atoms with van der Waals surface area (Å²) in [5, 5.41) is 2.91. The number of piperidine rings is 1. The fourth-order valence-corrected chi connectivity index (χ4v) is 2.75. The number of hydrogen-bond donors (Lipinski definition) is 1. The molecule has 1 amide bonds. The van der Waals surface area contributed by atoms with Gasteiger partial charge in [0.2, 0.25) is 5.91 Å². The van der Waals surface area contributed by atoms with Crippen LogP contribution in [0.25, 0.3) is 0 Å². The summed E-state index contributed by atoms with van der Waals surface area (Å²) in [7, 11) is 3.17. The average molecular weight is 292 g/mol. The second kappa shape index (κ2) is 7.31. The maximum Gasteiger partial charge on any atom is 0.238 e. The van der Waals surface area contributed by atoms with E-state index < -0.39 is 0 Å². The van der Waals surface area contributed by atoms with Crippen molar-refractivity contribution in [1.29, 1.82) is 0 Å². The molecule has 0 aromatic heterocycles. The molecular formula is C16H24N2O3. The first-order chi connectivity index (χ1) is 10.1. The van der Waals surface area contributed by atoms with E-state index in [0.717, 1.165) is 18.8 Å². The van der Waals surface area contributed by atoms with E-state index in [1.165, 1.54) is 12.8 Å². The number of anilines is 1. The third-order valence-corrected chi connectivity index (χ3v) is 3.78. The molecule has 5 nitrogen and oxygen atoms in total. The van der Waals surface area contributed by atoms with Gasteiger partial charge in [0.15, 0.2) is 11.5 Å². The van der Waals surface area contributed by atoms with Crippen LogP contribution in [0, 0.1) is 5.92 Å². The standard InChI is InChI=1S/C16H24N2O3/c1-12-5-4-8-18(10-12)11-16(19)17-13-6-7-14(20-2)15(9-13)21-3/h6-7,9,12H,4-5,8,10-11H2,1-3H3,(H,17,19)/t12-/m1/s1. The van der Waals surface area contributed by atoms with Crippen molar-refractivity contribution in [3.8, 4) is 11.5 Å². The predicted octanol–water partition coefficient (Wildman–Crippen LogP) is 2.37. The largest absolute Gasteiger partial charge is 0.493 e. The maximum atomic E-state index is 12.1. The number of ether oxygens (including phenoxy) is 2. The average Bonchev–Trinajstić information content (AvgIpc) is 2.47. The van der Waals surface area contributed by atoms with Crippen LogP contribution in [0.5, 0.6) is 11.5 Å². The molecule has 5 heteroatoms. The van der Waals surface area contributed by atoms with E-state index in [1.807, 2.05) is 6.07 Å². The minimum atomic E-state index is 0.0105. The fourth-order valence-electron chi connectivity index (χ4n) is 2.75. The van der Waals surface area contributed by atoms with Crippen LogP contribution < -0.4 is 14.8 Å². The smallest absolute Gasteiger partial charge is 0.238 e. The molecule has 1 saturated heterocycles. The number of rotatable bonds is 5. The molecule has 0 spiro atoms. The van der Waals surface area contributed by atoms with E-state index >= 15 is 0 Å². The van der Waals surface area contributed by atoms with Crippen LogP contribution in [0.2, 0.25) is 0 Å². The topological polar surface area (TPSA) is 50.8 Å². The molecule has 0 unspecified atom stereocenters. The minimum Gasteiger partial charge on any atom is -0.493 e. The Bertz CT molecular complexity index is 490. The first-order valence-corrected chi connectivity index (χ1v) is 7.36. The summed E-state index contributed by atoms with van der Waals surface area (Å²) < 4.78 is 10.4. The van der Waals surface area contributed by atoms with Gasteiger partial charge in [-0.25, -0.2) is 0 Å². The van der Waals surface area contributed by atoms with Crippen molar-refractivity contribution in [3.63, 3.8) is 0 Å². The number of carbonyl (C=O) groups is 1. The third kappa shape index (κ3) is 4.36.